The van der Waals surface area contributed by atoms with Crippen molar-refractivity contribution in [3.8, 4) is 0 Å². The number of likely N-dealkylation sites (tertiary alicyclic amines) is 1. The van der Waals surface area contributed by atoms with Crippen LogP contribution in [-0.2, 0) is 4.79 Å². The first-order valence-electron chi connectivity index (χ1n) is 6.83. The average Bonchev–Trinajstić information content (AvgIpc) is 3.17. The predicted octanol–water partition coefficient (Wildman–Crippen LogP) is 2.44. The first kappa shape index (κ1) is 12.7. The van der Waals surface area contributed by atoms with Gasteiger partial charge in [0.05, 0.1) is 18.2 Å². The van der Waals surface area contributed by atoms with E-state index in [1.165, 1.54) is 5.56 Å². The number of aromatic nitrogens is 2. The Morgan fingerprint density at radius 2 is 2.20 bits per heavy atom. The normalized spacial score (nSPS) is 18.8. The second-order valence-corrected chi connectivity index (χ2v) is 5.02. The molecule has 0 bridgehead atoms. The third-order valence-electron chi connectivity index (χ3n) is 3.70. The molecule has 2 aromatic rings. The smallest absolute Gasteiger partial charge is 0.246 e. The van der Waals surface area contributed by atoms with Gasteiger partial charge < -0.3 is 9.88 Å². The summed E-state index contributed by atoms with van der Waals surface area (Å²) < 4.78 is 0. The summed E-state index contributed by atoms with van der Waals surface area (Å²) in [6.07, 6.45) is 7.71. The van der Waals surface area contributed by atoms with E-state index in [0.29, 0.717) is 5.92 Å². The quantitative estimate of drug-likeness (QED) is 0.868. The van der Waals surface area contributed by atoms with E-state index in [2.05, 4.69) is 34.2 Å². The molecule has 1 aromatic heterocycles. The number of nitrogens with one attached hydrogen (secondary N) is 1. The minimum Gasteiger partial charge on any atom is -0.345 e. The molecule has 1 aromatic carbocycles. The number of hydrogen-bond acceptors (Lipinski definition) is 2. The molecule has 2 heterocycles. The number of H-pyrrole nitrogens is 1. The number of nitrogens with zero attached hydrogens (tertiary/aromatic N) is 2. The lowest BCUT2D eigenvalue weighted by atomic mass is 9.99. The van der Waals surface area contributed by atoms with E-state index in [4.69, 9.17) is 0 Å². The Morgan fingerprint density at radius 1 is 1.35 bits per heavy atom. The van der Waals surface area contributed by atoms with E-state index in [1.807, 2.05) is 11.0 Å². The van der Waals surface area contributed by atoms with E-state index in [1.54, 1.807) is 24.7 Å². The summed E-state index contributed by atoms with van der Waals surface area (Å²) in [5, 5.41) is 0. The third kappa shape index (κ3) is 2.79. The summed E-state index contributed by atoms with van der Waals surface area (Å²) in [5.41, 5.74) is 2.16. The molecular weight excluding hydrogens is 250 g/mol. The van der Waals surface area contributed by atoms with Crippen molar-refractivity contribution in [3.63, 3.8) is 0 Å². The summed E-state index contributed by atoms with van der Waals surface area (Å²) in [5.74, 6) is 0.527. The SMILES string of the molecule is O=C(/C=C/c1cnc[nH]1)N1CCC(c2ccccc2)C1. The third-order valence-corrected chi connectivity index (χ3v) is 3.70. The van der Waals surface area contributed by atoms with Crippen LogP contribution in [0, 0.1) is 0 Å². The number of amides is 1. The number of carbonyl (C=O) groups is 1. The van der Waals surface area contributed by atoms with Crippen LogP contribution in [0.3, 0.4) is 0 Å². The van der Waals surface area contributed by atoms with Gasteiger partial charge in [-0.3, -0.25) is 4.79 Å². The maximum Gasteiger partial charge on any atom is 0.246 e. The van der Waals surface area contributed by atoms with E-state index < -0.39 is 0 Å². The highest BCUT2D eigenvalue weighted by Gasteiger charge is 2.25. The first-order valence-corrected chi connectivity index (χ1v) is 6.83. The van der Waals surface area contributed by atoms with Gasteiger partial charge in [0, 0.05) is 25.1 Å². The van der Waals surface area contributed by atoms with Crippen molar-refractivity contribution in [3.05, 3.63) is 60.2 Å². The topological polar surface area (TPSA) is 49.0 Å². The van der Waals surface area contributed by atoms with Crippen LogP contribution in [0.15, 0.2) is 48.9 Å². The van der Waals surface area contributed by atoms with Crippen LogP contribution >= 0.6 is 0 Å². The second kappa shape index (κ2) is 5.74. The fourth-order valence-corrected chi connectivity index (χ4v) is 2.58. The van der Waals surface area contributed by atoms with Crippen molar-refractivity contribution in [1.82, 2.24) is 14.9 Å². The molecule has 0 spiro atoms. The Balaban J connectivity index is 1.61. The summed E-state index contributed by atoms with van der Waals surface area (Å²) in [6.45, 7) is 1.63. The van der Waals surface area contributed by atoms with Crippen LogP contribution in [0.1, 0.15) is 23.6 Å². The molecule has 4 heteroatoms. The maximum absolute atomic E-state index is 12.1. The molecule has 1 atom stereocenters. The van der Waals surface area contributed by atoms with Gasteiger partial charge >= 0.3 is 0 Å². The molecule has 3 rings (SSSR count). The van der Waals surface area contributed by atoms with Gasteiger partial charge in [0.1, 0.15) is 0 Å². The monoisotopic (exact) mass is 267 g/mol. The number of rotatable bonds is 3. The van der Waals surface area contributed by atoms with Crippen molar-refractivity contribution >= 4 is 12.0 Å². The van der Waals surface area contributed by atoms with Crippen molar-refractivity contribution < 1.29 is 4.79 Å². The Kier molecular flexibility index (Phi) is 3.63. The van der Waals surface area contributed by atoms with E-state index in [9.17, 15) is 4.79 Å². The minimum atomic E-state index is 0.0676. The van der Waals surface area contributed by atoms with Gasteiger partial charge in [0.25, 0.3) is 0 Å². The van der Waals surface area contributed by atoms with Gasteiger partial charge in [-0.25, -0.2) is 4.98 Å². The van der Waals surface area contributed by atoms with Gasteiger partial charge in [0.2, 0.25) is 5.91 Å². The lowest BCUT2D eigenvalue weighted by Crippen LogP contribution is -2.26. The van der Waals surface area contributed by atoms with Crippen LogP contribution in [0.4, 0.5) is 0 Å². The molecule has 0 aliphatic carbocycles. The van der Waals surface area contributed by atoms with Gasteiger partial charge in [-0.05, 0) is 18.1 Å². The summed E-state index contributed by atoms with van der Waals surface area (Å²) in [6, 6.07) is 10.4. The number of benzene rings is 1. The molecule has 1 aliphatic rings. The molecule has 102 valence electrons. The van der Waals surface area contributed by atoms with Crippen LogP contribution in [-0.4, -0.2) is 33.9 Å². The highest BCUT2D eigenvalue weighted by atomic mass is 16.2. The molecular formula is C16H17N3O. The fourth-order valence-electron chi connectivity index (χ4n) is 2.58. The molecule has 1 N–H and O–H groups in total. The minimum absolute atomic E-state index is 0.0676. The largest absolute Gasteiger partial charge is 0.345 e. The van der Waals surface area contributed by atoms with Gasteiger partial charge in [0.15, 0.2) is 0 Å². The molecule has 4 nitrogen and oxygen atoms in total. The molecule has 1 saturated heterocycles. The van der Waals surface area contributed by atoms with Crippen molar-refractivity contribution in [2.45, 2.75) is 12.3 Å². The Labute approximate surface area is 118 Å². The van der Waals surface area contributed by atoms with Crippen molar-refractivity contribution in [1.29, 1.82) is 0 Å². The molecule has 0 saturated carbocycles. The van der Waals surface area contributed by atoms with Crippen molar-refractivity contribution in [2.75, 3.05) is 13.1 Å². The molecule has 1 unspecified atom stereocenters. The number of imidazole rings is 1. The Bertz CT molecular complexity index is 589. The fraction of sp³-hybridized carbons (Fsp3) is 0.250. The highest BCUT2D eigenvalue weighted by molar-refractivity contribution is 5.91. The number of aromatic amines is 1. The average molecular weight is 267 g/mol. The molecule has 1 aliphatic heterocycles. The van der Waals surface area contributed by atoms with Crippen LogP contribution < -0.4 is 0 Å². The van der Waals surface area contributed by atoms with Crippen molar-refractivity contribution in [2.24, 2.45) is 0 Å². The lowest BCUT2D eigenvalue weighted by Gasteiger charge is -2.14. The van der Waals surface area contributed by atoms with Gasteiger partial charge in [-0.1, -0.05) is 30.3 Å². The van der Waals surface area contributed by atoms with Crippen LogP contribution in [0.2, 0.25) is 0 Å². The maximum atomic E-state index is 12.1. The molecule has 0 radical (unpaired) electrons. The summed E-state index contributed by atoms with van der Waals surface area (Å²) >= 11 is 0. The highest BCUT2D eigenvalue weighted by Crippen LogP contribution is 2.26. The second-order valence-electron chi connectivity index (χ2n) is 5.02. The lowest BCUT2D eigenvalue weighted by molar-refractivity contribution is -0.124. The zero-order valence-corrected chi connectivity index (χ0v) is 11.2. The van der Waals surface area contributed by atoms with E-state index in [0.717, 1.165) is 25.2 Å². The van der Waals surface area contributed by atoms with Gasteiger partial charge in [-0.2, -0.15) is 0 Å². The Morgan fingerprint density at radius 3 is 2.95 bits per heavy atom. The van der Waals surface area contributed by atoms with Crippen LogP contribution in [0.25, 0.3) is 6.08 Å². The predicted molar refractivity (Wildman–Crippen MR) is 78.0 cm³/mol. The zero-order chi connectivity index (χ0) is 13.8. The number of carbonyl (C=O) groups excluding carboxylic acids is 1. The number of hydrogen-bond donors (Lipinski definition) is 1. The van der Waals surface area contributed by atoms with E-state index in [-0.39, 0.29) is 5.91 Å². The van der Waals surface area contributed by atoms with E-state index >= 15 is 0 Å². The van der Waals surface area contributed by atoms with Crippen LogP contribution in [0.5, 0.6) is 0 Å². The first-order chi connectivity index (χ1) is 9.83. The molecule has 20 heavy (non-hydrogen) atoms. The summed E-state index contributed by atoms with van der Waals surface area (Å²) in [7, 11) is 0. The Hall–Kier alpha value is -2.36. The zero-order valence-electron chi connectivity index (χ0n) is 11.2. The molecule has 1 amide bonds. The molecule has 1 fully saturated rings. The standard InChI is InChI=1S/C16H17N3O/c20-16(7-6-15-10-17-12-18-15)19-9-8-14(11-19)13-4-2-1-3-5-13/h1-7,10,12,14H,8-9,11H2,(H,17,18)/b7-6+. The summed E-state index contributed by atoms with van der Waals surface area (Å²) in [4.78, 5) is 20.9. The van der Waals surface area contributed by atoms with Gasteiger partial charge in [-0.15, -0.1) is 0 Å².